The quantitative estimate of drug-likeness (QED) is 0.482. The Hall–Kier alpha value is -2.14. The molecule has 0 fully saturated rings. The minimum atomic E-state index is -0.262. The Labute approximate surface area is 172 Å². The number of hydrogen-bond acceptors (Lipinski definition) is 2. The van der Waals surface area contributed by atoms with E-state index in [2.05, 4.69) is 5.32 Å². The molecule has 0 aliphatic carbocycles. The Morgan fingerprint density at radius 1 is 0.926 bits per heavy atom. The van der Waals surface area contributed by atoms with E-state index in [1.54, 1.807) is 24.3 Å². The average Bonchev–Trinajstić information content (AvgIpc) is 2.67. The summed E-state index contributed by atoms with van der Waals surface area (Å²) in [5.41, 5.74) is 2.72. The second kappa shape index (κ2) is 9.18. The molecule has 0 bridgehead atoms. The zero-order valence-corrected chi connectivity index (χ0v) is 16.5. The number of thiocarbonyl (C=S) groups is 1. The van der Waals surface area contributed by atoms with Crippen LogP contribution in [0.4, 0.5) is 4.39 Å². The van der Waals surface area contributed by atoms with Gasteiger partial charge < -0.3 is 10.1 Å². The molecule has 0 atom stereocenters. The lowest BCUT2D eigenvalue weighted by molar-refractivity contribution is 0.306. The van der Waals surface area contributed by atoms with Gasteiger partial charge >= 0.3 is 0 Å². The zero-order valence-electron chi connectivity index (χ0n) is 14.2. The largest absolute Gasteiger partial charge is 0.487 e. The monoisotopic (exact) mass is 419 g/mol. The average molecular weight is 420 g/mol. The molecule has 3 rings (SSSR count). The van der Waals surface area contributed by atoms with E-state index in [1.165, 1.54) is 12.1 Å². The van der Waals surface area contributed by atoms with Crippen molar-refractivity contribution in [2.75, 3.05) is 0 Å². The van der Waals surface area contributed by atoms with Crippen molar-refractivity contribution in [3.05, 3.63) is 99.3 Å². The normalized spacial score (nSPS) is 10.5. The van der Waals surface area contributed by atoms with Gasteiger partial charge in [0.25, 0.3) is 0 Å². The molecule has 0 unspecified atom stereocenters. The van der Waals surface area contributed by atoms with Gasteiger partial charge in [-0.05, 0) is 53.6 Å². The van der Waals surface area contributed by atoms with Gasteiger partial charge in [0, 0.05) is 17.1 Å². The van der Waals surface area contributed by atoms with Gasteiger partial charge in [0.2, 0.25) is 0 Å². The Balaban J connectivity index is 1.58. The zero-order chi connectivity index (χ0) is 19.2. The molecule has 0 heterocycles. The fourth-order valence-electron chi connectivity index (χ4n) is 2.39. The number of halogens is 3. The van der Waals surface area contributed by atoms with Crippen molar-refractivity contribution in [2.24, 2.45) is 0 Å². The van der Waals surface area contributed by atoms with E-state index in [0.717, 1.165) is 16.7 Å². The van der Waals surface area contributed by atoms with E-state index in [4.69, 9.17) is 40.2 Å². The summed E-state index contributed by atoms with van der Waals surface area (Å²) in [6.07, 6.45) is 0. The third-order valence-corrected chi connectivity index (χ3v) is 4.80. The smallest absolute Gasteiger partial charge is 0.138 e. The van der Waals surface area contributed by atoms with Crippen LogP contribution < -0.4 is 10.1 Å². The summed E-state index contributed by atoms with van der Waals surface area (Å²) in [5, 5.41) is 4.30. The first kappa shape index (κ1) is 19.6. The van der Waals surface area contributed by atoms with Crippen molar-refractivity contribution < 1.29 is 9.13 Å². The van der Waals surface area contributed by atoms with E-state index < -0.39 is 0 Å². The molecule has 3 aromatic carbocycles. The van der Waals surface area contributed by atoms with Crippen LogP contribution >= 0.6 is 35.4 Å². The number of rotatable bonds is 6. The minimum absolute atomic E-state index is 0.262. The predicted octanol–water partition coefficient (Wildman–Crippen LogP) is 6.18. The van der Waals surface area contributed by atoms with Crippen LogP contribution in [-0.4, -0.2) is 4.99 Å². The Morgan fingerprint density at radius 2 is 1.59 bits per heavy atom. The molecule has 0 saturated heterocycles. The molecule has 27 heavy (non-hydrogen) atoms. The first-order chi connectivity index (χ1) is 13.0. The molecule has 0 aliphatic rings. The second-order valence-corrected chi connectivity index (χ2v) is 7.12. The van der Waals surface area contributed by atoms with Gasteiger partial charge in [0.15, 0.2) is 0 Å². The van der Waals surface area contributed by atoms with Crippen LogP contribution in [-0.2, 0) is 13.2 Å². The third kappa shape index (κ3) is 5.67. The highest BCUT2D eigenvalue weighted by Gasteiger charge is 2.07. The van der Waals surface area contributed by atoms with Crippen molar-refractivity contribution in [3.63, 3.8) is 0 Å². The lowest BCUT2D eigenvalue weighted by Gasteiger charge is -2.12. The molecule has 0 spiro atoms. The van der Waals surface area contributed by atoms with Gasteiger partial charge in [-0.2, -0.15) is 0 Å². The molecule has 0 amide bonds. The van der Waals surface area contributed by atoms with E-state index in [-0.39, 0.29) is 5.82 Å². The maximum Gasteiger partial charge on any atom is 0.138 e. The third-order valence-electron chi connectivity index (χ3n) is 3.87. The summed E-state index contributed by atoms with van der Waals surface area (Å²) in [7, 11) is 0. The van der Waals surface area contributed by atoms with Crippen LogP contribution in [0.3, 0.4) is 0 Å². The molecule has 0 radical (unpaired) electrons. The highest BCUT2D eigenvalue weighted by Crippen LogP contribution is 2.26. The van der Waals surface area contributed by atoms with Crippen molar-refractivity contribution >= 4 is 40.4 Å². The first-order valence-electron chi connectivity index (χ1n) is 8.21. The molecule has 0 saturated carbocycles. The molecule has 0 aliphatic heterocycles. The summed E-state index contributed by atoms with van der Waals surface area (Å²) in [4.78, 5) is 0.561. The lowest BCUT2D eigenvalue weighted by atomic mass is 10.2. The van der Waals surface area contributed by atoms with Crippen molar-refractivity contribution in [1.29, 1.82) is 0 Å². The predicted molar refractivity (Wildman–Crippen MR) is 112 cm³/mol. The number of benzene rings is 3. The highest BCUT2D eigenvalue weighted by atomic mass is 35.5. The lowest BCUT2D eigenvalue weighted by Crippen LogP contribution is -2.21. The molecule has 2 nitrogen and oxygen atoms in total. The summed E-state index contributed by atoms with van der Waals surface area (Å²) < 4.78 is 18.7. The summed E-state index contributed by atoms with van der Waals surface area (Å²) in [6, 6.07) is 19.1. The summed E-state index contributed by atoms with van der Waals surface area (Å²) in [6.45, 7) is 0.898. The van der Waals surface area contributed by atoms with Crippen LogP contribution in [0.25, 0.3) is 0 Å². The second-order valence-electron chi connectivity index (χ2n) is 5.87. The van der Waals surface area contributed by atoms with Gasteiger partial charge in [-0.15, -0.1) is 0 Å². The van der Waals surface area contributed by atoms with Gasteiger partial charge in [-0.1, -0.05) is 59.7 Å². The molecule has 1 N–H and O–H groups in total. The first-order valence-corrected chi connectivity index (χ1v) is 9.37. The van der Waals surface area contributed by atoms with Crippen LogP contribution in [0.5, 0.6) is 5.75 Å². The Bertz CT molecular complexity index is 930. The van der Waals surface area contributed by atoms with Gasteiger partial charge in [0.05, 0.1) is 5.02 Å². The maximum absolute atomic E-state index is 12.9. The number of nitrogens with one attached hydrogen (secondary N) is 1. The fourth-order valence-corrected chi connectivity index (χ4v) is 2.95. The maximum atomic E-state index is 12.9. The van der Waals surface area contributed by atoms with Crippen molar-refractivity contribution in [3.8, 4) is 5.75 Å². The SMILES string of the molecule is Fc1ccc(CNC(=S)c2ccc(OCc3ccc(Cl)cc3)c(Cl)c2)cc1. The van der Waals surface area contributed by atoms with E-state index >= 15 is 0 Å². The van der Waals surface area contributed by atoms with Crippen LogP contribution in [0.1, 0.15) is 16.7 Å². The molecule has 3 aromatic rings. The molecular formula is C21H16Cl2FNOS. The van der Waals surface area contributed by atoms with Gasteiger partial charge in [0.1, 0.15) is 23.2 Å². The highest BCUT2D eigenvalue weighted by molar-refractivity contribution is 7.80. The van der Waals surface area contributed by atoms with E-state index in [1.807, 2.05) is 30.3 Å². The minimum Gasteiger partial charge on any atom is -0.487 e. The topological polar surface area (TPSA) is 21.3 Å². The molecule has 138 valence electrons. The molecule has 6 heteroatoms. The Morgan fingerprint density at radius 3 is 2.26 bits per heavy atom. The molecular weight excluding hydrogens is 404 g/mol. The van der Waals surface area contributed by atoms with Crippen molar-refractivity contribution in [2.45, 2.75) is 13.2 Å². The van der Waals surface area contributed by atoms with Gasteiger partial charge in [-0.3, -0.25) is 0 Å². The summed E-state index contributed by atoms with van der Waals surface area (Å²) >= 11 is 17.6. The van der Waals surface area contributed by atoms with E-state index in [9.17, 15) is 4.39 Å². The van der Waals surface area contributed by atoms with Crippen LogP contribution in [0, 0.1) is 5.82 Å². The number of hydrogen-bond donors (Lipinski definition) is 1. The van der Waals surface area contributed by atoms with E-state index in [0.29, 0.717) is 33.9 Å². The summed E-state index contributed by atoms with van der Waals surface area (Å²) in [5.74, 6) is 0.319. The molecule has 0 aromatic heterocycles. The fraction of sp³-hybridized carbons (Fsp3) is 0.0952. The van der Waals surface area contributed by atoms with Crippen molar-refractivity contribution in [1.82, 2.24) is 5.32 Å². The standard InChI is InChI=1S/C21H16Cl2FNOS/c22-17-6-1-15(2-7-17)13-26-20-10-5-16(11-19(20)23)21(27)25-12-14-3-8-18(24)9-4-14/h1-11H,12-13H2,(H,25,27). The Kier molecular flexibility index (Phi) is 6.67. The van der Waals surface area contributed by atoms with Crippen LogP contribution in [0.2, 0.25) is 10.0 Å². The number of ether oxygens (including phenoxy) is 1. The van der Waals surface area contributed by atoms with Gasteiger partial charge in [-0.25, -0.2) is 4.39 Å². The van der Waals surface area contributed by atoms with Crippen LogP contribution in [0.15, 0.2) is 66.7 Å².